The summed E-state index contributed by atoms with van der Waals surface area (Å²) in [7, 11) is 3.64. The molecule has 2 fully saturated rings. The van der Waals surface area contributed by atoms with E-state index in [2.05, 4.69) is 42.7 Å². The third kappa shape index (κ3) is 4.40. The van der Waals surface area contributed by atoms with Gasteiger partial charge in [0, 0.05) is 13.1 Å². The maximum Gasteiger partial charge on any atom is 0.405 e. The summed E-state index contributed by atoms with van der Waals surface area (Å²) >= 11 is 0. The molecule has 35 heavy (non-hydrogen) atoms. The van der Waals surface area contributed by atoms with Gasteiger partial charge in [-0.2, -0.15) is 4.98 Å². The van der Waals surface area contributed by atoms with Crippen molar-refractivity contribution in [2.75, 3.05) is 50.6 Å². The smallest absolute Gasteiger partial charge is 0.405 e. The summed E-state index contributed by atoms with van der Waals surface area (Å²) in [6, 6.07) is -0.618. The Morgan fingerprint density at radius 1 is 1.31 bits per heavy atom. The second-order valence-electron chi connectivity index (χ2n) is 8.94. The molecule has 13 nitrogen and oxygen atoms in total. The van der Waals surface area contributed by atoms with Gasteiger partial charge in [0.25, 0.3) is 5.88 Å². The molecule has 14 heteroatoms. The fourth-order valence-electron chi connectivity index (χ4n) is 4.65. The molecule has 2 aliphatic rings. The Morgan fingerprint density at radius 2 is 2.14 bits per heavy atom. The summed E-state index contributed by atoms with van der Waals surface area (Å²) in [4.78, 5) is 24.0. The van der Waals surface area contributed by atoms with Gasteiger partial charge in [-0.1, -0.05) is 6.92 Å². The van der Waals surface area contributed by atoms with Crippen LogP contribution in [0.5, 0.6) is 5.88 Å². The highest BCUT2D eigenvalue weighted by molar-refractivity contribution is 5.73. The number of alkyl halides is 1. The number of aryl methyl sites for hydroxylation is 1. The van der Waals surface area contributed by atoms with Crippen LogP contribution in [0.3, 0.4) is 0 Å². The predicted octanol–water partition coefficient (Wildman–Crippen LogP) is 1.31. The van der Waals surface area contributed by atoms with Crippen molar-refractivity contribution in [3.8, 4) is 5.88 Å². The number of likely N-dealkylation sites (N-methyl/N-ethyl adjacent to an activating group) is 1. The summed E-state index contributed by atoms with van der Waals surface area (Å²) in [5.41, 5.74) is 2.00. The number of imidazole rings is 1. The lowest BCUT2D eigenvalue weighted by molar-refractivity contribution is 0.183. The number of nitrogens with zero attached hydrogens (tertiary/aromatic N) is 8. The van der Waals surface area contributed by atoms with Gasteiger partial charge in [-0.15, -0.1) is 10.2 Å². The average molecular weight is 489 g/mol. The summed E-state index contributed by atoms with van der Waals surface area (Å²) < 4.78 is 23.6. The first kappa shape index (κ1) is 23.1. The molecule has 0 unspecified atom stereocenters. The number of amides is 1. The summed E-state index contributed by atoms with van der Waals surface area (Å²) in [5.74, 6) is 1.12. The third-order valence-corrected chi connectivity index (χ3v) is 6.51. The summed E-state index contributed by atoms with van der Waals surface area (Å²) in [6.45, 7) is 3.98. The maximum absolute atomic E-state index is 14.5. The zero-order valence-corrected chi connectivity index (χ0v) is 19.8. The van der Waals surface area contributed by atoms with Crippen LogP contribution in [-0.2, 0) is 6.42 Å². The molecule has 3 N–H and O–H groups in total. The van der Waals surface area contributed by atoms with Gasteiger partial charge in [-0.3, -0.25) is 4.68 Å². The number of rotatable bonds is 7. The minimum Gasteiger partial charge on any atom is -0.478 e. The molecule has 3 aromatic rings. The molecule has 2 saturated heterocycles. The molecule has 0 spiro atoms. The standard InChI is InChI=1S/C21H29FN10O3/c1-4-12-7-23-18-17(24-16-11-31(27-19(16)35-3)13-5-6-29(2)8-13)26-20(28-32(12)18)30-9-14(22)15(10-30)25-21(33)34/h7,11,13-15,25H,4-6,8-10H2,1-3H3,(H,33,34)(H,24,26,28)/t13-,14-,15-/m1/s1. The normalized spacial score (nSPS) is 22.7. The van der Waals surface area contributed by atoms with E-state index in [0.717, 1.165) is 25.2 Å². The number of likely N-dealkylation sites (tertiary alicyclic amines) is 1. The van der Waals surface area contributed by atoms with Crippen LogP contribution in [0.15, 0.2) is 12.4 Å². The predicted molar refractivity (Wildman–Crippen MR) is 125 cm³/mol. The fraction of sp³-hybridized carbons (Fsp3) is 0.571. The number of carboxylic acid groups (broad SMARTS) is 1. The quantitative estimate of drug-likeness (QED) is 0.446. The van der Waals surface area contributed by atoms with Gasteiger partial charge < -0.3 is 30.3 Å². The first-order chi connectivity index (χ1) is 16.9. The van der Waals surface area contributed by atoms with Crippen molar-refractivity contribution >= 4 is 29.2 Å². The van der Waals surface area contributed by atoms with Gasteiger partial charge in [0.15, 0.2) is 11.5 Å². The van der Waals surface area contributed by atoms with E-state index < -0.39 is 18.3 Å². The molecule has 3 aromatic heterocycles. The Kier molecular flexibility index (Phi) is 6.05. The van der Waals surface area contributed by atoms with Gasteiger partial charge in [0.05, 0.1) is 43.8 Å². The van der Waals surface area contributed by atoms with E-state index in [4.69, 9.17) is 9.84 Å². The van der Waals surface area contributed by atoms with Crippen LogP contribution in [0, 0.1) is 0 Å². The van der Waals surface area contributed by atoms with E-state index in [9.17, 15) is 9.18 Å². The van der Waals surface area contributed by atoms with Crippen LogP contribution in [0.4, 0.5) is 26.6 Å². The largest absolute Gasteiger partial charge is 0.478 e. The van der Waals surface area contributed by atoms with Crippen LogP contribution < -0.4 is 20.3 Å². The number of halogens is 1. The summed E-state index contributed by atoms with van der Waals surface area (Å²) in [5, 5.41) is 23.7. The molecule has 188 valence electrons. The molecular formula is C21H29FN10O3. The highest BCUT2D eigenvalue weighted by Gasteiger charge is 2.36. The molecular weight excluding hydrogens is 459 g/mol. The van der Waals surface area contributed by atoms with Crippen LogP contribution in [-0.4, -0.2) is 98.0 Å². The molecule has 0 aliphatic carbocycles. The van der Waals surface area contributed by atoms with Crippen LogP contribution >= 0.6 is 0 Å². The van der Waals surface area contributed by atoms with Crippen molar-refractivity contribution in [2.45, 2.75) is 38.0 Å². The zero-order chi connectivity index (χ0) is 24.7. The topological polar surface area (TPSA) is 138 Å². The van der Waals surface area contributed by atoms with Crippen LogP contribution in [0.25, 0.3) is 5.65 Å². The van der Waals surface area contributed by atoms with E-state index in [1.54, 1.807) is 22.7 Å². The Bertz CT molecular complexity index is 1230. The SMILES string of the molecule is CCc1cnc2c(Nc3cn([C@@H]4CCN(C)C4)nc3OC)nc(N3C[C@@H](F)[C@H](NC(=O)O)C3)nn12. The highest BCUT2D eigenvalue weighted by atomic mass is 19.1. The first-order valence-corrected chi connectivity index (χ1v) is 11.6. The van der Waals surface area contributed by atoms with E-state index in [-0.39, 0.29) is 25.1 Å². The van der Waals surface area contributed by atoms with E-state index >= 15 is 0 Å². The van der Waals surface area contributed by atoms with Crippen molar-refractivity contribution in [3.05, 3.63) is 18.1 Å². The van der Waals surface area contributed by atoms with E-state index in [0.29, 0.717) is 29.5 Å². The minimum absolute atomic E-state index is 0.0253. The number of fused-ring (bicyclic) bond motifs is 1. The molecule has 1 amide bonds. The van der Waals surface area contributed by atoms with E-state index in [1.165, 1.54) is 0 Å². The molecule has 0 bridgehead atoms. The Balaban J connectivity index is 1.49. The lowest BCUT2D eigenvalue weighted by Gasteiger charge is -2.17. The third-order valence-electron chi connectivity index (χ3n) is 6.51. The van der Waals surface area contributed by atoms with Gasteiger partial charge >= 0.3 is 6.09 Å². The maximum atomic E-state index is 14.5. The Hall–Kier alpha value is -3.68. The molecule has 3 atom stereocenters. The number of ether oxygens (including phenoxy) is 1. The number of hydrogen-bond acceptors (Lipinski definition) is 9. The number of methoxy groups -OCH3 is 1. The number of nitrogens with one attached hydrogen (secondary N) is 2. The number of carbonyl (C=O) groups is 1. The number of anilines is 3. The molecule has 5 heterocycles. The van der Waals surface area contributed by atoms with Crippen molar-refractivity contribution in [3.63, 3.8) is 0 Å². The summed E-state index contributed by atoms with van der Waals surface area (Å²) in [6.07, 6.45) is 2.66. The van der Waals surface area contributed by atoms with Crippen molar-refractivity contribution in [1.29, 1.82) is 0 Å². The lowest BCUT2D eigenvalue weighted by Crippen LogP contribution is -2.40. The average Bonchev–Trinajstić information content (AvgIpc) is 3.60. The molecule has 0 aromatic carbocycles. The van der Waals surface area contributed by atoms with E-state index in [1.807, 2.05) is 17.8 Å². The van der Waals surface area contributed by atoms with Crippen LogP contribution in [0.2, 0.25) is 0 Å². The number of hydrogen-bond donors (Lipinski definition) is 3. The first-order valence-electron chi connectivity index (χ1n) is 11.6. The zero-order valence-electron chi connectivity index (χ0n) is 19.8. The van der Waals surface area contributed by atoms with Gasteiger partial charge in [-0.25, -0.2) is 18.7 Å². The second kappa shape index (κ2) is 9.17. The minimum atomic E-state index is -1.38. The molecule has 2 aliphatic heterocycles. The van der Waals surface area contributed by atoms with Gasteiger partial charge in [0.2, 0.25) is 5.95 Å². The van der Waals surface area contributed by atoms with Crippen molar-refractivity contribution in [1.82, 2.24) is 39.6 Å². The van der Waals surface area contributed by atoms with Crippen LogP contribution in [0.1, 0.15) is 25.1 Å². The Morgan fingerprint density at radius 3 is 2.83 bits per heavy atom. The molecule has 0 saturated carbocycles. The van der Waals surface area contributed by atoms with Gasteiger partial charge in [0.1, 0.15) is 11.9 Å². The fourth-order valence-corrected chi connectivity index (χ4v) is 4.65. The highest BCUT2D eigenvalue weighted by Crippen LogP contribution is 2.31. The van der Waals surface area contributed by atoms with Crippen molar-refractivity contribution in [2.24, 2.45) is 0 Å². The van der Waals surface area contributed by atoms with Gasteiger partial charge in [-0.05, 0) is 26.4 Å². The Labute approximate surface area is 200 Å². The second-order valence-corrected chi connectivity index (χ2v) is 8.94. The number of aromatic nitrogens is 6. The molecule has 0 radical (unpaired) electrons. The molecule has 5 rings (SSSR count). The van der Waals surface area contributed by atoms with Crippen molar-refractivity contribution < 1.29 is 19.0 Å². The lowest BCUT2D eigenvalue weighted by atomic mass is 10.2. The monoisotopic (exact) mass is 488 g/mol.